The largest absolute Gasteiger partial charge is 0.356 e. The van der Waals surface area contributed by atoms with Crippen molar-refractivity contribution in [1.29, 1.82) is 0 Å². The molecule has 1 aromatic heterocycles. The predicted molar refractivity (Wildman–Crippen MR) is 98.8 cm³/mol. The number of halogens is 1. The highest BCUT2D eigenvalue weighted by molar-refractivity contribution is 9.10. The Morgan fingerprint density at radius 2 is 2.12 bits per heavy atom. The van der Waals surface area contributed by atoms with Gasteiger partial charge >= 0.3 is 0 Å². The normalized spacial score (nSPS) is 19.3. The van der Waals surface area contributed by atoms with E-state index >= 15 is 0 Å². The number of hydrogen-bond donors (Lipinski definition) is 1. The minimum atomic E-state index is -3.46. The molecule has 0 radical (unpaired) electrons. The Bertz CT molecular complexity index is 792. The van der Waals surface area contributed by atoms with Gasteiger partial charge in [0.2, 0.25) is 15.2 Å². The summed E-state index contributed by atoms with van der Waals surface area (Å²) < 4.78 is 32.3. The third kappa shape index (κ3) is 3.96. The third-order valence-electron chi connectivity index (χ3n) is 3.95. The number of hydrogen-bond acceptors (Lipinski definition) is 6. The van der Waals surface area contributed by atoms with E-state index in [1.807, 2.05) is 6.92 Å². The van der Waals surface area contributed by atoms with Crippen molar-refractivity contribution in [2.75, 3.05) is 18.4 Å². The second kappa shape index (κ2) is 7.47. The Balaban J connectivity index is 1.71. The molecular formula is C15H19BrN4O2S2. The monoisotopic (exact) mass is 430 g/mol. The van der Waals surface area contributed by atoms with Crippen molar-refractivity contribution in [2.24, 2.45) is 0 Å². The zero-order valence-electron chi connectivity index (χ0n) is 13.3. The summed E-state index contributed by atoms with van der Waals surface area (Å²) >= 11 is 4.66. The quantitative estimate of drug-likeness (QED) is 0.788. The van der Waals surface area contributed by atoms with Gasteiger partial charge in [-0.2, -0.15) is 8.68 Å². The average Bonchev–Trinajstić information content (AvgIpc) is 3.03. The topological polar surface area (TPSA) is 75.2 Å². The highest BCUT2D eigenvalue weighted by atomic mass is 79.9. The molecule has 0 saturated carbocycles. The first-order valence-electron chi connectivity index (χ1n) is 7.84. The Kier molecular flexibility index (Phi) is 5.53. The van der Waals surface area contributed by atoms with Gasteiger partial charge in [-0.25, -0.2) is 13.4 Å². The first-order chi connectivity index (χ1) is 11.5. The smallest absolute Gasteiger partial charge is 0.243 e. The molecule has 1 aliphatic heterocycles. The minimum Gasteiger partial charge on any atom is -0.356 e. The van der Waals surface area contributed by atoms with Gasteiger partial charge in [-0.3, -0.25) is 0 Å². The molecule has 9 heteroatoms. The predicted octanol–water partition coefficient (Wildman–Crippen LogP) is 3.13. The molecular weight excluding hydrogens is 412 g/mol. The highest BCUT2D eigenvalue weighted by Crippen LogP contribution is 2.24. The Hall–Kier alpha value is -1.03. The third-order valence-corrected chi connectivity index (χ3v) is 7.04. The maximum atomic E-state index is 12.8. The molecule has 6 nitrogen and oxygen atoms in total. The number of sulfonamides is 1. The lowest BCUT2D eigenvalue weighted by Crippen LogP contribution is -2.45. The van der Waals surface area contributed by atoms with Gasteiger partial charge in [0.25, 0.3) is 0 Å². The second-order valence-electron chi connectivity index (χ2n) is 5.67. The molecule has 1 saturated heterocycles. The van der Waals surface area contributed by atoms with Crippen LogP contribution in [0.5, 0.6) is 0 Å². The second-order valence-corrected chi connectivity index (χ2v) is 9.28. The van der Waals surface area contributed by atoms with E-state index < -0.39 is 10.0 Å². The van der Waals surface area contributed by atoms with Crippen molar-refractivity contribution in [3.05, 3.63) is 34.6 Å². The molecule has 0 aliphatic carbocycles. The van der Waals surface area contributed by atoms with Crippen LogP contribution in [0.4, 0.5) is 5.13 Å². The molecule has 0 amide bonds. The molecule has 1 aromatic carbocycles. The summed E-state index contributed by atoms with van der Waals surface area (Å²) in [5.74, 6) is 0.817. The van der Waals surface area contributed by atoms with E-state index in [4.69, 9.17) is 0 Å². The number of anilines is 1. The van der Waals surface area contributed by atoms with Crippen LogP contribution in [0.2, 0.25) is 0 Å². The van der Waals surface area contributed by atoms with Crippen LogP contribution in [-0.2, 0) is 16.4 Å². The standard InChI is InChI=1S/C15H19BrN4O2S2/c1-2-14-18-15(23-19-14)17-12-4-3-9-20(10-12)24(21,22)13-7-5-11(16)6-8-13/h5-8,12H,2-4,9-10H2,1H3,(H,17,18,19). The number of aryl methyl sites for hydroxylation is 1. The number of nitrogens with zero attached hydrogens (tertiary/aromatic N) is 3. The summed E-state index contributed by atoms with van der Waals surface area (Å²) in [6.07, 6.45) is 2.55. The van der Waals surface area contributed by atoms with Crippen LogP contribution in [0, 0.1) is 0 Å². The van der Waals surface area contributed by atoms with Gasteiger partial charge in [0, 0.05) is 41.6 Å². The van der Waals surface area contributed by atoms with E-state index in [1.165, 1.54) is 11.5 Å². The maximum Gasteiger partial charge on any atom is 0.243 e. The fourth-order valence-corrected chi connectivity index (χ4v) is 5.18. The fourth-order valence-electron chi connectivity index (χ4n) is 2.66. The van der Waals surface area contributed by atoms with Crippen LogP contribution in [0.3, 0.4) is 0 Å². The summed E-state index contributed by atoms with van der Waals surface area (Å²) in [7, 11) is -3.46. The number of rotatable bonds is 5. The first-order valence-corrected chi connectivity index (χ1v) is 10.8. The van der Waals surface area contributed by atoms with Crippen LogP contribution < -0.4 is 5.32 Å². The minimum absolute atomic E-state index is 0.0571. The Morgan fingerprint density at radius 1 is 1.38 bits per heavy atom. The van der Waals surface area contributed by atoms with Crippen LogP contribution in [-0.4, -0.2) is 41.2 Å². The molecule has 1 atom stereocenters. The molecule has 2 aromatic rings. The van der Waals surface area contributed by atoms with Crippen LogP contribution in [0.15, 0.2) is 33.6 Å². The van der Waals surface area contributed by atoms with Gasteiger partial charge in [0.05, 0.1) is 4.90 Å². The number of piperidine rings is 1. The number of benzene rings is 1. The molecule has 3 rings (SSSR count). The van der Waals surface area contributed by atoms with Crippen molar-refractivity contribution in [3.8, 4) is 0 Å². The molecule has 1 aliphatic rings. The molecule has 130 valence electrons. The van der Waals surface area contributed by atoms with Gasteiger partial charge in [0.15, 0.2) is 0 Å². The molecule has 1 fully saturated rings. The molecule has 2 heterocycles. The van der Waals surface area contributed by atoms with Crippen LogP contribution >= 0.6 is 27.5 Å². The van der Waals surface area contributed by atoms with Gasteiger partial charge in [-0.1, -0.05) is 22.9 Å². The molecule has 0 spiro atoms. The molecule has 0 bridgehead atoms. The lowest BCUT2D eigenvalue weighted by Gasteiger charge is -2.32. The summed E-state index contributed by atoms with van der Waals surface area (Å²) in [5.41, 5.74) is 0. The van der Waals surface area contributed by atoms with Crippen molar-refractivity contribution < 1.29 is 8.42 Å². The van der Waals surface area contributed by atoms with E-state index in [9.17, 15) is 8.42 Å². The van der Waals surface area contributed by atoms with E-state index in [0.29, 0.717) is 18.0 Å². The van der Waals surface area contributed by atoms with E-state index in [-0.39, 0.29) is 6.04 Å². The van der Waals surface area contributed by atoms with Crippen molar-refractivity contribution in [1.82, 2.24) is 13.7 Å². The summed E-state index contributed by atoms with van der Waals surface area (Å²) in [6.45, 7) is 3.01. The van der Waals surface area contributed by atoms with E-state index in [1.54, 1.807) is 28.6 Å². The fraction of sp³-hybridized carbons (Fsp3) is 0.467. The highest BCUT2D eigenvalue weighted by Gasteiger charge is 2.30. The summed E-state index contributed by atoms with van der Waals surface area (Å²) in [6, 6.07) is 6.82. The van der Waals surface area contributed by atoms with Gasteiger partial charge in [-0.05, 0) is 37.1 Å². The summed E-state index contributed by atoms with van der Waals surface area (Å²) in [5, 5.41) is 4.09. The van der Waals surface area contributed by atoms with Crippen molar-refractivity contribution in [3.63, 3.8) is 0 Å². The molecule has 1 unspecified atom stereocenters. The lowest BCUT2D eigenvalue weighted by atomic mass is 10.1. The average molecular weight is 431 g/mol. The van der Waals surface area contributed by atoms with Gasteiger partial charge in [-0.15, -0.1) is 0 Å². The summed E-state index contributed by atoms with van der Waals surface area (Å²) in [4.78, 5) is 4.73. The zero-order chi connectivity index (χ0) is 17.2. The molecule has 24 heavy (non-hydrogen) atoms. The first kappa shape index (κ1) is 17.8. The Labute approximate surface area is 154 Å². The zero-order valence-corrected chi connectivity index (χ0v) is 16.5. The number of nitrogens with one attached hydrogen (secondary N) is 1. The van der Waals surface area contributed by atoms with Crippen LogP contribution in [0.1, 0.15) is 25.6 Å². The van der Waals surface area contributed by atoms with Crippen LogP contribution in [0.25, 0.3) is 0 Å². The molecule has 1 N–H and O–H groups in total. The maximum absolute atomic E-state index is 12.8. The van der Waals surface area contributed by atoms with Gasteiger partial charge in [0.1, 0.15) is 5.82 Å². The van der Waals surface area contributed by atoms with Crippen molar-refractivity contribution >= 4 is 42.6 Å². The SMILES string of the molecule is CCc1nsc(NC2CCCN(S(=O)(=O)c3ccc(Br)cc3)C2)n1. The van der Waals surface area contributed by atoms with Gasteiger partial charge < -0.3 is 5.32 Å². The van der Waals surface area contributed by atoms with E-state index in [2.05, 4.69) is 30.6 Å². The number of aromatic nitrogens is 2. The lowest BCUT2D eigenvalue weighted by molar-refractivity contribution is 0.327. The van der Waals surface area contributed by atoms with Crippen molar-refractivity contribution in [2.45, 2.75) is 37.1 Å². The van der Waals surface area contributed by atoms with E-state index in [0.717, 1.165) is 34.7 Å². The Morgan fingerprint density at radius 3 is 2.79 bits per heavy atom.